The molecule has 0 unspecified atom stereocenters. The number of halogens is 1. The van der Waals surface area contributed by atoms with E-state index in [9.17, 15) is 13.2 Å². The van der Waals surface area contributed by atoms with Crippen molar-refractivity contribution in [2.24, 2.45) is 0 Å². The fraction of sp³-hybridized carbons (Fsp3) is 0.350. The molecule has 0 aliphatic carbocycles. The van der Waals surface area contributed by atoms with Crippen molar-refractivity contribution in [3.05, 3.63) is 53.1 Å². The van der Waals surface area contributed by atoms with Gasteiger partial charge in [-0.1, -0.05) is 23.7 Å². The standard InChI is InChI=1S/C20H23ClN2O5S2/c1-30(25,26)23(17-7-8-18-19(11-17)28-14-27-18)12-20(24)22-9-2-10-29-13-15-3-5-16(21)6-4-15/h3-8,11H,2,9-10,12-14H2,1H3,(H,22,24). The van der Waals surface area contributed by atoms with Crippen LogP contribution < -0.4 is 19.1 Å². The van der Waals surface area contributed by atoms with Gasteiger partial charge in [-0.15, -0.1) is 0 Å². The van der Waals surface area contributed by atoms with Gasteiger partial charge < -0.3 is 14.8 Å². The van der Waals surface area contributed by atoms with Gasteiger partial charge in [0.15, 0.2) is 11.5 Å². The molecule has 0 fully saturated rings. The van der Waals surface area contributed by atoms with E-state index in [1.54, 1.807) is 30.0 Å². The number of thioether (sulfide) groups is 1. The molecule has 0 radical (unpaired) electrons. The molecule has 1 aliphatic rings. The zero-order valence-electron chi connectivity index (χ0n) is 16.5. The fourth-order valence-electron chi connectivity index (χ4n) is 2.80. The normalized spacial score (nSPS) is 12.6. The van der Waals surface area contributed by atoms with Crippen LogP contribution in [-0.2, 0) is 20.6 Å². The maximum atomic E-state index is 12.3. The molecule has 7 nitrogen and oxygen atoms in total. The highest BCUT2D eigenvalue weighted by Gasteiger charge is 2.23. The van der Waals surface area contributed by atoms with Gasteiger partial charge in [0.2, 0.25) is 22.7 Å². The van der Waals surface area contributed by atoms with Crippen LogP contribution in [0.3, 0.4) is 0 Å². The predicted octanol–water partition coefficient (Wildman–Crippen LogP) is 3.27. The molecule has 1 heterocycles. The number of nitrogens with one attached hydrogen (secondary N) is 1. The molecule has 0 spiro atoms. The lowest BCUT2D eigenvalue weighted by atomic mass is 10.2. The Morgan fingerprint density at radius 2 is 1.90 bits per heavy atom. The molecule has 1 N–H and O–H groups in total. The Hall–Kier alpha value is -2.10. The molecular formula is C20H23ClN2O5S2. The minimum Gasteiger partial charge on any atom is -0.454 e. The minimum atomic E-state index is -3.64. The number of hydrogen-bond donors (Lipinski definition) is 1. The molecule has 2 aromatic carbocycles. The number of carbonyl (C=O) groups is 1. The Balaban J connectivity index is 1.44. The number of anilines is 1. The van der Waals surface area contributed by atoms with Crippen LogP contribution in [0.5, 0.6) is 11.5 Å². The lowest BCUT2D eigenvalue weighted by Gasteiger charge is -2.22. The van der Waals surface area contributed by atoms with E-state index in [4.69, 9.17) is 21.1 Å². The van der Waals surface area contributed by atoms with Gasteiger partial charge >= 0.3 is 0 Å². The van der Waals surface area contributed by atoms with Crippen molar-refractivity contribution in [2.75, 3.05) is 36.2 Å². The summed E-state index contributed by atoms with van der Waals surface area (Å²) in [6, 6.07) is 12.5. The molecule has 2 aromatic rings. The van der Waals surface area contributed by atoms with Gasteiger partial charge in [0.05, 0.1) is 11.9 Å². The van der Waals surface area contributed by atoms with E-state index in [1.165, 1.54) is 5.56 Å². The summed E-state index contributed by atoms with van der Waals surface area (Å²) >= 11 is 7.64. The fourth-order valence-corrected chi connectivity index (χ4v) is 4.69. The van der Waals surface area contributed by atoms with Crippen molar-refractivity contribution in [3.8, 4) is 11.5 Å². The maximum Gasteiger partial charge on any atom is 0.240 e. The first-order valence-electron chi connectivity index (χ1n) is 9.29. The molecule has 0 bridgehead atoms. The van der Waals surface area contributed by atoms with Gasteiger partial charge in [0.1, 0.15) is 6.54 Å². The first-order chi connectivity index (χ1) is 14.3. The molecular weight excluding hydrogens is 448 g/mol. The average Bonchev–Trinajstić information content (AvgIpc) is 3.17. The Labute approximate surface area is 185 Å². The van der Waals surface area contributed by atoms with Gasteiger partial charge in [0, 0.05) is 23.4 Å². The zero-order chi connectivity index (χ0) is 21.6. The van der Waals surface area contributed by atoms with Crippen LogP contribution in [0, 0.1) is 0 Å². The van der Waals surface area contributed by atoms with E-state index in [0.717, 1.165) is 33.5 Å². The molecule has 3 rings (SSSR count). The van der Waals surface area contributed by atoms with Crippen LogP contribution in [0.4, 0.5) is 5.69 Å². The minimum absolute atomic E-state index is 0.0914. The van der Waals surface area contributed by atoms with Crippen LogP contribution in [0.15, 0.2) is 42.5 Å². The first kappa shape index (κ1) is 22.6. The van der Waals surface area contributed by atoms with Gasteiger partial charge in [-0.3, -0.25) is 9.10 Å². The largest absolute Gasteiger partial charge is 0.454 e. The third-order valence-corrected chi connectivity index (χ3v) is 6.81. The first-order valence-corrected chi connectivity index (χ1v) is 12.7. The van der Waals surface area contributed by atoms with Crippen LogP contribution in [0.1, 0.15) is 12.0 Å². The van der Waals surface area contributed by atoms with Crippen LogP contribution in [0.25, 0.3) is 0 Å². The number of amides is 1. The van der Waals surface area contributed by atoms with E-state index in [0.29, 0.717) is 23.7 Å². The Morgan fingerprint density at radius 3 is 2.63 bits per heavy atom. The summed E-state index contributed by atoms with van der Waals surface area (Å²) in [6.45, 7) is 0.274. The van der Waals surface area contributed by atoms with Crippen molar-refractivity contribution in [1.82, 2.24) is 5.32 Å². The highest BCUT2D eigenvalue weighted by atomic mass is 35.5. The lowest BCUT2D eigenvalue weighted by Crippen LogP contribution is -2.40. The third-order valence-electron chi connectivity index (χ3n) is 4.30. The van der Waals surface area contributed by atoms with Crippen LogP contribution in [-0.4, -0.2) is 46.2 Å². The second-order valence-electron chi connectivity index (χ2n) is 6.69. The Bertz CT molecular complexity index is 983. The van der Waals surface area contributed by atoms with Crippen molar-refractivity contribution < 1.29 is 22.7 Å². The number of ether oxygens (including phenoxy) is 2. The van der Waals surface area contributed by atoms with Crippen molar-refractivity contribution in [1.29, 1.82) is 0 Å². The van der Waals surface area contributed by atoms with Crippen LogP contribution in [0.2, 0.25) is 5.02 Å². The summed E-state index contributed by atoms with van der Waals surface area (Å²) in [5.74, 6) is 2.39. The van der Waals surface area contributed by atoms with E-state index in [-0.39, 0.29) is 19.2 Å². The number of rotatable bonds is 10. The summed E-state index contributed by atoms with van der Waals surface area (Å²) in [7, 11) is -3.64. The van der Waals surface area contributed by atoms with E-state index in [1.807, 2.05) is 24.3 Å². The number of hydrogen-bond acceptors (Lipinski definition) is 6. The average molecular weight is 471 g/mol. The quantitative estimate of drug-likeness (QED) is 0.536. The van der Waals surface area contributed by atoms with Gasteiger partial charge in [-0.25, -0.2) is 8.42 Å². The maximum absolute atomic E-state index is 12.3. The summed E-state index contributed by atoms with van der Waals surface area (Å²) in [4.78, 5) is 12.3. The number of sulfonamides is 1. The number of benzene rings is 2. The van der Waals surface area contributed by atoms with E-state index < -0.39 is 10.0 Å². The summed E-state index contributed by atoms with van der Waals surface area (Å²) in [5, 5.41) is 3.50. The second kappa shape index (κ2) is 10.3. The molecule has 0 saturated heterocycles. The molecule has 1 aliphatic heterocycles. The third kappa shape index (κ3) is 6.45. The van der Waals surface area contributed by atoms with Gasteiger partial charge in [0.25, 0.3) is 0 Å². The molecule has 10 heteroatoms. The monoisotopic (exact) mass is 470 g/mol. The SMILES string of the molecule is CS(=O)(=O)N(CC(=O)NCCCSCc1ccc(Cl)cc1)c1ccc2c(c1)OCO2. The smallest absolute Gasteiger partial charge is 0.240 e. The summed E-state index contributed by atoms with van der Waals surface area (Å²) in [5.41, 5.74) is 1.55. The number of carbonyl (C=O) groups excluding carboxylic acids is 1. The topological polar surface area (TPSA) is 84.9 Å². The van der Waals surface area contributed by atoms with Gasteiger partial charge in [-0.2, -0.15) is 11.8 Å². The van der Waals surface area contributed by atoms with E-state index in [2.05, 4.69) is 5.32 Å². The highest BCUT2D eigenvalue weighted by molar-refractivity contribution is 7.98. The van der Waals surface area contributed by atoms with Crippen molar-refractivity contribution >= 4 is 45.0 Å². The predicted molar refractivity (Wildman–Crippen MR) is 120 cm³/mol. The summed E-state index contributed by atoms with van der Waals surface area (Å²) in [6.07, 6.45) is 1.85. The van der Waals surface area contributed by atoms with E-state index >= 15 is 0 Å². The lowest BCUT2D eigenvalue weighted by molar-refractivity contribution is -0.119. The molecule has 30 heavy (non-hydrogen) atoms. The highest BCUT2D eigenvalue weighted by Crippen LogP contribution is 2.36. The van der Waals surface area contributed by atoms with Gasteiger partial charge in [-0.05, 0) is 42.0 Å². The molecule has 0 atom stereocenters. The molecule has 1 amide bonds. The van der Waals surface area contributed by atoms with Crippen molar-refractivity contribution in [2.45, 2.75) is 12.2 Å². The zero-order valence-corrected chi connectivity index (χ0v) is 18.9. The Kier molecular flexibility index (Phi) is 7.74. The molecule has 0 aromatic heterocycles. The van der Waals surface area contributed by atoms with Crippen molar-refractivity contribution in [3.63, 3.8) is 0 Å². The molecule has 0 saturated carbocycles. The summed E-state index contributed by atoms with van der Waals surface area (Å²) < 4.78 is 36.0. The second-order valence-corrected chi connectivity index (χ2v) is 10.1. The number of fused-ring (bicyclic) bond motifs is 1. The number of nitrogens with zero attached hydrogens (tertiary/aromatic N) is 1. The molecule has 162 valence electrons. The van der Waals surface area contributed by atoms with Crippen LogP contribution >= 0.6 is 23.4 Å². The Morgan fingerprint density at radius 1 is 1.17 bits per heavy atom.